The summed E-state index contributed by atoms with van der Waals surface area (Å²) in [5, 5.41) is 20.0. The summed E-state index contributed by atoms with van der Waals surface area (Å²) < 4.78 is 5.24. The molecule has 0 bridgehead atoms. The van der Waals surface area contributed by atoms with Gasteiger partial charge >= 0.3 is 12.1 Å². The van der Waals surface area contributed by atoms with E-state index in [9.17, 15) is 14.7 Å². The number of ether oxygens (including phenoxy) is 1. The minimum Gasteiger partial charge on any atom is -0.480 e. The van der Waals surface area contributed by atoms with Gasteiger partial charge in [-0.2, -0.15) is 15.0 Å². The smallest absolute Gasteiger partial charge is 0.414 e. The van der Waals surface area contributed by atoms with Crippen molar-refractivity contribution in [2.75, 3.05) is 56.2 Å². The first-order chi connectivity index (χ1) is 19.7. The highest BCUT2D eigenvalue weighted by Gasteiger charge is 2.21. The number of halogens is 1. The van der Waals surface area contributed by atoms with Gasteiger partial charge in [0.15, 0.2) is 0 Å². The highest BCUT2D eigenvalue weighted by atomic mass is 35.5. The lowest BCUT2D eigenvalue weighted by Gasteiger charge is -2.18. The molecule has 41 heavy (non-hydrogen) atoms. The Bertz CT molecular complexity index is 1300. The number of rotatable bonds is 13. The Morgan fingerprint density at radius 2 is 1.56 bits per heavy atom. The van der Waals surface area contributed by atoms with Crippen LogP contribution in [-0.4, -0.2) is 88.2 Å². The number of aromatic nitrogens is 3. The molecule has 13 heteroatoms. The van der Waals surface area contributed by atoms with Gasteiger partial charge in [0.1, 0.15) is 11.8 Å². The first-order valence-corrected chi connectivity index (χ1v) is 13.8. The quantitative estimate of drug-likeness (QED) is 0.233. The van der Waals surface area contributed by atoms with Crippen LogP contribution in [0.2, 0.25) is 5.02 Å². The van der Waals surface area contributed by atoms with E-state index in [0.717, 1.165) is 30.8 Å². The third kappa shape index (κ3) is 9.47. The van der Waals surface area contributed by atoms with Gasteiger partial charge in [0.25, 0.3) is 0 Å². The minimum absolute atomic E-state index is 0.131. The zero-order valence-electron chi connectivity index (χ0n) is 23.1. The number of carbonyl (C=O) groups excluding carboxylic acids is 1. The Balaban J connectivity index is 1.45. The number of carboxylic acids is 1. The van der Waals surface area contributed by atoms with Crippen LogP contribution in [0.3, 0.4) is 0 Å². The molecule has 2 aromatic carbocycles. The number of amides is 1. The molecular formula is C28H35ClN8O4. The second kappa shape index (κ2) is 14.5. The summed E-state index contributed by atoms with van der Waals surface area (Å²) in [5.74, 6) is 0.0820. The van der Waals surface area contributed by atoms with Crippen molar-refractivity contribution in [3.8, 4) is 5.75 Å². The third-order valence-corrected chi connectivity index (χ3v) is 6.70. The zero-order chi connectivity index (χ0) is 29.2. The molecule has 1 saturated heterocycles. The van der Waals surface area contributed by atoms with Crippen molar-refractivity contribution in [1.29, 1.82) is 0 Å². The fourth-order valence-corrected chi connectivity index (χ4v) is 4.32. The van der Waals surface area contributed by atoms with Gasteiger partial charge in [0.2, 0.25) is 17.8 Å². The van der Waals surface area contributed by atoms with Crippen LogP contribution in [0, 0.1) is 0 Å². The van der Waals surface area contributed by atoms with Crippen molar-refractivity contribution < 1.29 is 19.4 Å². The van der Waals surface area contributed by atoms with Crippen molar-refractivity contribution in [2.24, 2.45) is 0 Å². The van der Waals surface area contributed by atoms with E-state index in [2.05, 4.69) is 35.8 Å². The van der Waals surface area contributed by atoms with Crippen LogP contribution < -0.4 is 20.7 Å². The van der Waals surface area contributed by atoms with E-state index in [-0.39, 0.29) is 12.4 Å². The van der Waals surface area contributed by atoms with E-state index in [0.29, 0.717) is 35.8 Å². The number of nitrogens with one attached hydrogen (secondary N) is 3. The SMILES string of the molecule is CN(C)C(=O)Oc1ccc(C[C@H](Nc2nc(NCCN3CCCC3)nc(NCc3ccc(Cl)cc3)n2)C(=O)O)cc1. The molecule has 1 aromatic heterocycles. The Labute approximate surface area is 244 Å². The number of likely N-dealkylation sites (tertiary alicyclic amines) is 1. The number of benzene rings is 2. The normalized spacial score (nSPS) is 13.8. The summed E-state index contributed by atoms with van der Waals surface area (Å²) in [6.07, 6.45) is 2.06. The van der Waals surface area contributed by atoms with Gasteiger partial charge in [-0.25, -0.2) is 9.59 Å². The fraction of sp³-hybridized carbons (Fsp3) is 0.393. The maximum atomic E-state index is 12.2. The third-order valence-electron chi connectivity index (χ3n) is 6.44. The van der Waals surface area contributed by atoms with E-state index >= 15 is 0 Å². The maximum absolute atomic E-state index is 12.2. The van der Waals surface area contributed by atoms with Crippen molar-refractivity contribution in [3.63, 3.8) is 0 Å². The molecule has 0 saturated carbocycles. The lowest BCUT2D eigenvalue weighted by Crippen LogP contribution is -2.32. The number of anilines is 3. The molecule has 0 spiro atoms. The van der Waals surface area contributed by atoms with Crippen molar-refractivity contribution in [1.82, 2.24) is 24.8 Å². The predicted octanol–water partition coefficient (Wildman–Crippen LogP) is 3.81. The Morgan fingerprint density at radius 3 is 2.20 bits per heavy atom. The average Bonchev–Trinajstić information content (AvgIpc) is 3.47. The Kier molecular flexibility index (Phi) is 10.5. The molecule has 0 unspecified atom stereocenters. The predicted molar refractivity (Wildman–Crippen MR) is 158 cm³/mol. The second-order valence-corrected chi connectivity index (χ2v) is 10.3. The molecule has 1 aliphatic rings. The summed E-state index contributed by atoms with van der Waals surface area (Å²) in [7, 11) is 3.18. The first-order valence-electron chi connectivity index (χ1n) is 13.4. The highest BCUT2D eigenvalue weighted by Crippen LogP contribution is 2.18. The van der Waals surface area contributed by atoms with Gasteiger partial charge in [-0.3, -0.25) is 0 Å². The van der Waals surface area contributed by atoms with E-state index in [1.165, 1.54) is 17.7 Å². The van der Waals surface area contributed by atoms with Crippen molar-refractivity contribution in [3.05, 3.63) is 64.7 Å². The van der Waals surface area contributed by atoms with E-state index in [1.54, 1.807) is 50.5 Å². The number of aliphatic carboxylic acids is 1. The van der Waals surface area contributed by atoms with Gasteiger partial charge in [-0.1, -0.05) is 35.9 Å². The molecule has 1 aliphatic heterocycles. The molecule has 1 amide bonds. The first kappa shape index (κ1) is 29.8. The van der Waals surface area contributed by atoms with E-state index in [4.69, 9.17) is 16.3 Å². The Hall–Kier alpha value is -4.16. The summed E-state index contributed by atoms with van der Waals surface area (Å²) >= 11 is 5.99. The molecule has 4 rings (SSSR count). The lowest BCUT2D eigenvalue weighted by atomic mass is 10.1. The summed E-state index contributed by atoms with van der Waals surface area (Å²) in [6.45, 7) is 4.12. The second-order valence-electron chi connectivity index (χ2n) is 9.91. The van der Waals surface area contributed by atoms with Crippen LogP contribution in [0.25, 0.3) is 0 Å². The topological polar surface area (TPSA) is 145 Å². The standard InChI is InChI=1S/C28H35ClN8O4/c1-36(2)28(40)41-22-11-7-19(8-12-22)17-23(24(38)39)32-27-34-25(30-13-16-37-14-3-4-15-37)33-26(35-27)31-18-20-5-9-21(29)10-6-20/h5-12,23H,3-4,13-18H2,1-2H3,(H,38,39)(H3,30,31,32,33,34,35)/t23-/m0/s1. The van der Waals surface area contributed by atoms with Crippen LogP contribution in [-0.2, 0) is 17.8 Å². The molecule has 2 heterocycles. The molecule has 1 fully saturated rings. The minimum atomic E-state index is -1.06. The zero-order valence-corrected chi connectivity index (χ0v) is 23.9. The van der Waals surface area contributed by atoms with Crippen LogP contribution >= 0.6 is 11.6 Å². The number of hydrogen-bond donors (Lipinski definition) is 4. The summed E-state index contributed by atoms with van der Waals surface area (Å²) in [6, 6.07) is 13.1. The number of carboxylic acid groups (broad SMARTS) is 1. The van der Waals surface area contributed by atoms with E-state index < -0.39 is 18.1 Å². The van der Waals surface area contributed by atoms with Crippen LogP contribution in [0.5, 0.6) is 5.75 Å². The molecular weight excluding hydrogens is 548 g/mol. The van der Waals surface area contributed by atoms with Gasteiger partial charge in [-0.15, -0.1) is 0 Å². The van der Waals surface area contributed by atoms with Crippen LogP contribution in [0.15, 0.2) is 48.5 Å². The number of carbonyl (C=O) groups is 2. The number of hydrogen-bond acceptors (Lipinski definition) is 10. The average molecular weight is 583 g/mol. The van der Waals surface area contributed by atoms with Gasteiger partial charge in [-0.05, 0) is 61.3 Å². The van der Waals surface area contributed by atoms with Crippen molar-refractivity contribution in [2.45, 2.75) is 31.8 Å². The molecule has 12 nitrogen and oxygen atoms in total. The molecule has 0 radical (unpaired) electrons. The number of nitrogens with zero attached hydrogens (tertiary/aromatic N) is 5. The molecule has 3 aromatic rings. The summed E-state index contributed by atoms with van der Waals surface area (Å²) in [5.41, 5.74) is 1.71. The van der Waals surface area contributed by atoms with Gasteiger partial charge < -0.3 is 35.6 Å². The Morgan fingerprint density at radius 1 is 0.951 bits per heavy atom. The monoisotopic (exact) mass is 582 g/mol. The van der Waals surface area contributed by atoms with Gasteiger partial charge in [0.05, 0.1) is 0 Å². The largest absolute Gasteiger partial charge is 0.480 e. The maximum Gasteiger partial charge on any atom is 0.414 e. The fourth-order valence-electron chi connectivity index (χ4n) is 4.19. The summed E-state index contributed by atoms with van der Waals surface area (Å²) in [4.78, 5) is 41.0. The highest BCUT2D eigenvalue weighted by molar-refractivity contribution is 6.30. The van der Waals surface area contributed by atoms with E-state index in [1.807, 2.05) is 12.1 Å². The molecule has 4 N–H and O–H groups in total. The molecule has 0 aliphatic carbocycles. The van der Waals surface area contributed by atoms with Crippen molar-refractivity contribution >= 4 is 41.5 Å². The van der Waals surface area contributed by atoms with Crippen LogP contribution in [0.4, 0.5) is 22.6 Å². The van der Waals surface area contributed by atoms with Crippen LogP contribution in [0.1, 0.15) is 24.0 Å². The lowest BCUT2D eigenvalue weighted by molar-refractivity contribution is -0.137. The van der Waals surface area contributed by atoms with Gasteiger partial charge in [0, 0.05) is 45.2 Å². The molecule has 1 atom stereocenters. The molecule has 218 valence electrons.